The van der Waals surface area contributed by atoms with Gasteiger partial charge in [0.15, 0.2) is 8.07 Å². The van der Waals surface area contributed by atoms with Gasteiger partial charge in [-0.05, 0) is 61.7 Å². The van der Waals surface area contributed by atoms with Crippen molar-refractivity contribution in [1.29, 1.82) is 0 Å². The molecule has 9 aromatic carbocycles. The van der Waals surface area contributed by atoms with Crippen LogP contribution in [-0.2, 0) is 20.4 Å². The summed E-state index contributed by atoms with van der Waals surface area (Å²) in [7, 11) is -6.40. The van der Waals surface area contributed by atoms with Gasteiger partial charge in [-0.3, -0.25) is 4.98 Å². The molecule has 0 unspecified atom stereocenters. The van der Waals surface area contributed by atoms with Gasteiger partial charge in [-0.2, -0.15) is 23.4 Å². The van der Waals surface area contributed by atoms with Crippen LogP contribution < -0.4 is 46.4 Å². The van der Waals surface area contributed by atoms with E-state index in [-0.39, 0.29) is 20.4 Å². The van der Waals surface area contributed by atoms with Gasteiger partial charge in [0.25, 0.3) is 0 Å². The molecular formula is C62H40N4OPdSi2. The first-order valence-electron chi connectivity index (χ1n) is 23.4. The first-order valence-corrected chi connectivity index (χ1v) is 27.4. The molecule has 4 aromatic heterocycles. The minimum atomic E-state index is -3.23. The Hall–Kier alpha value is -7.96. The number of aromatic nitrogens is 3. The minimum Gasteiger partial charge on any atom is -0.456 e. The van der Waals surface area contributed by atoms with Crippen LogP contribution in [0, 0.1) is 12.1 Å². The standard InChI is InChI=1S/C62H40N4OSi2.Pd/c1-5-20-44(21-6-1)68(45-22-7-2-8-23-45,49-34-35-50-51-29-13-15-31-55(51)65-40-39-64-61(65)54(50)42-49)48-28-17-19-43(41-48)66-56-37-36-53-52-30-14-16-32-57(52)67-59(53)60(56)69(46-24-9-3-10-25-46,47-26-11-4-12-27-47)58-33-18-38-63-62(58)66;/h1-40H;/q-2;+2. The third-order valence-corrected chi connectivity index (χ3v) is 23.9. The molecule has 0 amide bonds. The summed E-state index contributed by atoms with van der Waals surface area (Å²) in [6, 6.07) is 89.9. The minimum absolute atomic E-state index is 0. The molecule has 0 bridgehead atoms. The van der Waals surface area contributed by atoms with E-state index < -0.39 is 16.1 Å². The van der Waals surface area contributed by atoms with Crippen LogP contribution in [0.15, 0.2) is 247 Å². The van der Waals surface area contributed by atoms with Crippen LogP contribution in [0.5, 0.6) is 0 Å². The van der Waals surface area contributed by atoms with Gasteiger partial charge in [-0.25, -0.2) is 4.98 Å². The van der Waals surface area contributed by atoms with Crippen LogP contribution in [0.3, 0.4) is 0 Å². The molecule has 5 nitrogen and oxygen atoms in total. The molecule has 8 heteroatoms. The molecule has 332 valence electrons. The summed E-state index contributed by atoms with van der Waals surface area (Å²) >= 11 is 0. The number of furan rings is 1. The Kier molecular flexibility index (Phi) is 10.0. The molecule has 14 rings (SSSR count). The van der Waals surface area contributed by atoms with Crippen molar-refractivity contribution >= 4 is 124 Å². The van der Waals surface area contributed by atoms with E-state index in [0.29, 0.717) is 0 Å². The number of pyridine rings is 2. The van der Waals surface area contributed by atoms with Crippen LogP contribution in [0.1, 0.15) is 0 Å². The Labute approximate surface area is 420 Å². The van der Waals surface area contributed by atoms with E-state index in [1.54, 1.807) is 0 Å². The molecule has 1 aliphatic heterocycles. The van der Waals surface area contributed by atoms with Crippen molar-refractivity contribution < 1.29 is 24.8 Å². The summed E-state index contributed by atoms with van der Waals surface area (Å²) in [5, 5.41) is 15.1. The van der Waals surface area contributed by atoms with Crippen molar-refractivity contribution in [3.05, 3.63) is 255 Å². The zero-order valence-corrected chi connectivity index (χ0v) is 41.2. The van der Waals surface area contributed by atoms with E-state index in [4.69, 9.17) is 14.4 Å². The molecule has 0 saturated heterocycles. The fourth-order valence-corrected chi connectivity index (χ4v) is 21.4. The summed E-state index contributed by atoms with van der Waals surface area (Å²) in [6.45, 7) is 0. The Morgan fingerprint density at radius 1 is 0.486 bits per heavy atom. The fourth-order valence-electron chi connectivity index (χ4n) is 11.7. The van der Waals surface area contributed by atoms with Crippen molar-refractivity contribution in [2.75, 3.05) is 4.90 Å². The number of benzene rings is 9. The number of imidazole rings is 1. The van der Waals surface area contributed by atoms with Gasteiger partial charge in [-0.1, -0.05) is 175 Å². The Morgan fingerprint density at radius 2 is 1.11 bits per heavy atom. The second-order valence-corrected chi connectivity index (χ2v) is 25.3. The number of para-hydroxylation sites is 2. The van der Waals surface area contributed by atoms with Crippen LogP contribution in [0.25, 0.3) is 49.3 Å². The molecule has 0 aliphatic carbocycles. The number of anilines is 3. The smallest absolute Gasteiger partial charge is 0.456 e. The van der Waals surface area contributed by atoms with Gasteiger partial charge in [0.1, 0.15) is 25.1 Å². The molecule has 13 aromatic rings. The maximum Gasteiger partial charge on any atom is 2.00 e. The zero-order valence-electron chi connectivity index (χ0n) is 37.6. The van der Waals surface area contributed by atoms with Crippen molar-refractivity contribution in [3.63, 3.8) is 0 Å². The normalized spacial score (nSPS) is 13.1. The summed E-state index contributed by atoms with van der Waals surface area (Å²) in [4.78, 5) is 12.7. The second kappa shape index (κ2) is 16.6. The van der Waals surface area contributed by atoms with E-state index in [1.807, 2.05) is 12.4 Å². The molecule has 0 spiro atoms. The maximum absolute atomic E-state index is 7.16. The van der Waals surface area contributed by atoms with Crippen molar-refractivity contribution in [1.82, 2.24) is 14.4 Å². The molecular weight excluding hydrogens is 979 g/mol. The third kappa shape index (κ3) is 5.98. The van der Waals surface area contributed by atoms with Crippen LogP contribution in [0.2, 0.25) is 0 Å². The average molecular weight is 1020 g/mol. The summed E-state index contributed by atoms with van der Waals surface area (Å²) < 4.78 is 9.36. The van der Waals surface area contributed by atoms with Gasteiger partial charge < -0.3 is 13.7 Å². The third-order valence-electron chi connectivity index (χ3n) is 14.5. The van der Waals surface area contributed by atoms with Crippen molar-refractivity contribution in [2.24, 2.45) is 0 Å². The van der Waals surface area contributed by atoms with Gasteiger partial charge in [0.2, 0.25) is 0 Å². The molecule has 0 N–H and O–H groups in total. The molecule has 5 heterocycles. The van der Waals surface area contributed by atoms with E-state index in [9.17, 15) is 0 Å². The summed E-state index contributed by atoms with van der Waals surface area (Å²) in [5.74, 6) is 0.894. The van der Waals surface area contributed by atoms with E-state index in [2.05, 4.69) is 252 Å². The topological polar surface area (TPSA) is 46.6 Å². The number of fused-ring (bicyclic) bond motifs is 12. The van der Waals surface area contributed by atoms with Crippen molar-refractivity contribution in [2.45, 2.75) is 0 Å². The quantitative estimate of drug-likeness (QED) is 0.0693. The molecule has 70 heavy (non-hydrogen) atoms. The monoisotopic (exact) mass is 1020 g/mol. The van der Waals surface area contributed by atoms with Gasteiger partial charge >= 0.3 is 20.4 Å². The Balaban J connectivity index is 0.00000480. The molecule has 0 atom stereocenters. The number of rotatable bonds is 7. The van der Waals surface area contributed by atoms with Crippen LogP contribution in [0.4, 0.5) is 17.2 Å². The van der Waals surface area contributed by atoms with E-state index in [1.165, 1.54) is 36.5 Å². The molecule has 0 fully saturated rings. The van der Waals surface area contributed by atoms with Gasteiger partial charge in [0.05, 0.1) is 5.65 Å². The first kappa shape index (κ1) is 42.2. The average Bonchev–Trinajstić information content (AvgIpc) is 4.08. The van der Waals surface area contributed by atoms with Gasteiger partial charge in [-0.15, -0.1) is 34.8 Å². The van der Waals surface area contributed by atoms with E-state index in [0.717, 1.165) is 71.4 Å². The Morgan fingerprint density at radius 3 is 1.84 bits per heavy atom. The number of nitrogens with zero attached hydrogens (tertiary/aromatic N) is 4. The molecule has 1 aliphatic rings. The zero-order chi connectivity index (χ0) is 45.5. The summed E-state index contributed by atoms with van der Waals surface area (Å²) in [6.07, 6.45) is 5.89. The van der Waals surface area contributed by atoms with E-state index >= 15 is 0 Å². The largest absolute Gasteiger partial charge is 2.00 e. The number of hydrogen-bond acceptors (Lipinski definition) is 4. The SMILES string of the molecule is [Pd+2].[c-]1c(N2c3ccc4c(oc5ccccc54)c3[Si](c3ccccc3)(c3ccccc3)c3cccnc32)cccc1[Si](c1[c-]c2c(cc1)c1ccccc1n1ccnc21)(c1ccccc1)c1ccccc1. The fraction of sp³-hybridized carbons (Fsp3) is 0. The summed E-state index contributed by atoms with van der Waals surface area (Å²) in [5.41, 5.74) is 5.73. The molecule has 0 radical (unpaired) electrons. The van der Waals surface area contributed by atoms with Crippen molar-refractivity contribution in [3.8, 4) is 0 Å². The number of hydrogen-bond donors (Lipinski definition) is 0. The predicted molar refractivity (Wildman–Crippen MR) is 288 cm³/mol. The second-order valence-electron chi connectivity index (χ2n) is 17.9. The van der Waals surface area contributed by atoms with Crippen LogP contribution >= 0.6 is 0 Å². The predicted octanol–water partition coefficient (Wildman–Crippen LogP) is 9.07. The Bertz CT molecular complexity index is 4030. The first-order chi connectivity index (χ1) is 34.2. The molecule has 0 saturated carbocycles. The van der Waals surface area contributed by atoms with Crippen LogP contribution in [-0.4, -0.2) is 30.5 Å². The van der Waals surface area contributed by atoms with Gasteiger partial charge in [0, 0.05) is 45.8 Å². The maximum atomic E-state index is 7.16.